The number of para-hydroxylation sites is 1. The first-order chi connectivity index (χ1) is 11.7. The summed E-state index contributed by atoms with van der Waals surface area (Å²) in [7, 11) is 0. The lowest BCUT2D eigenvalue weighted by Crippen LogP contribution is -2.47. The highest BCUT2D eigenvalue weighted by Crippen LogP contribution is 2.31. The van der Waals surface area contributed by atoms with Gasteiger partial charge in [-0.3, -0.25) is 4.79 Å². The summed E-state index contributed by atoms with van der Waals surface area (Å²) >= 11 is 0. The third-order valence-electron chi connectivity index (χ3n) is 5.31. The predicted octanol–water partition coefficient (Wildman–Crippen LogP) is 2.77. The number of carbonyl (C=O) groups excluding carboxylic acids is 1. The molecule has 1 amide bonds. The number of benzene rings is 1. The van der Waals surface area contributed by atoms with Crippen molar-refractivity contribution in [2.75, 3.05) is 26.3 Å². The van der Waals surface area contributed by atoms with Crippen LogP contribution >= 0.6 is 0 Å². The SMILES string of the molecule is Cc1[nH]c2ccccc2c1CCC(=O)N1CCC2(CC1)OCCO2. The molecular weight excluding hydrogens is 304 g/mol. The van der Waals surface area contributed by atoms with E-state index in [1.54, 1.807) is 0 Å². The van der Waals surface area contributed by atoms with Gasteiger partial charge in [-0.15, -0.1) is 0 Å². The zero-order valence-corrected chi connectivity index (χ0v) is 14.1. The molecule has 24 heavy (non-hydrogen) atoms. The van der Waals surface area contributed by atoms with Crippen LogP contribution in [0.2, 0.25) is 0 Å². The molecule has 4 rings (SSSR count). The molecule has 0 saturated carbocycles. The molecule has 128 valence electrons. The molecule has 1 spiro atoms. The van der Waals surface area contributed by atoms with Crippen LogP contribution in [-0.2, 0) is 20.7 Å². The van der Waals surface area contributed by atoms with E-state index in [1.807, 2.05) is 17.0 Å². The summed E-state index contributed by atoms with van der Waals surface area (Å²) in [5.41, 5.74) is 3.57. The number of carbonyl (C=O) groups is 1. The highest BCUT2D eigenvalue weighted by Gasteiger charge is 2.40. The summed E-state index contributed by atoms with van der Waals surface area (Å²) in [5.74, 6) is -0.183. The number of amides is 1. The number of aromatic nitrogens is 1. The molecule has 0 atom stereocenters. The summed E-state index contributed by atoms with van der Waals surface area (Å²) < 4.78 is 11.5. The topological polar surface area (TPSA) is 54.6 Å². The van der Waals surface area contributed by atoms with Crippen LogP contribution in [0, 0.1) is 6.92 Å². The van der Waals surface area contributed by atoms with Crippen LogP contribution in [0.3, 0.4) is 0 Å². The molecule has 0 bridgehead atoms. The number of nitrogens with zero attached hydrogens (tertiary/aromatic N) is 1. The monoisotopic (exact) mass is 328 g/mol. The molecule has 2 saturated heterocycles. The van der Waals surface area contributed by atoms with E-state index in [4.69, 9.17) is 9.47 Å². The Bertz CT molecular complexity index is 736. The highest BCUT2D eigenvalue weighted by molar-refractivity contribution is 5.85. The van der Waals surface area contributed by atoms with Gasteiger partial charge in [0.25, 0.3) is 0 Å². The Kier molecular flexibility index (Phi) is 4.06. The minimum Gasteiger partial charge on any atom is -0.358 e. The van der Waals surface area contributed by atoms with Crippen LogP contribution < -0.4 is 0 Å². The maximum absolute atomic E-state index is 12.6. The molecule has 1 aromatic carbocycles. The Hall–Kier alpha value is -1.85. The summed E-state index contributed by atoms with van der Waals surface area (Å²) in [6, 6.07) is 8.29. The smallest absolute Gasteiger partial charge is 0.222 e. The lowest BCUT2D eigenvalue weighted by Gasteiger charge is -2.37. The van der Waals surface area contributed by atoms with E-state index >= 15 is 0 Å². The van der Waals surface area contributed by atoms with Crippen molar-refractivity contribution in [3.63, 3.8) is 0 Å². The molecule has 0 unspecified atom stereocenters. The number of aromatic amines is 1. The van der Waals surface area contributed by atoms with Crippen LogP contribution in [0.1, 0.15) is 30.5 Å². The van der Waals surface area contributed by atoms with Crippen molar-refractivity contribution < 1.29 is 14.3 Å². The van der Waals surface area contributed by atoms with Crippen molar-refractivity contribution in [2.45, 2.75) is 38.4 Å². The molecule has 5 nitrogen and oxygen atoms in total. The number of hydrogen-bond donors (Lipinski definition) is 1. The molecule has 3 heterocycles. The normalized spacial score (nSPS) is 20.1. The molecule has 2 aliphatic rings. The number of likely N-dealkylation sites (tertiary alicyclic amines) is 1. The summed E-state index contributed by atoms with van der Waals surface area (Å²) in [4.78, 5) is 17.9. The maximum Gasteiger partial charge on any atom is 0.222 e. The number of piperidine rings is 1. The van der Waals surface area contributed by atoms with Gasteiger partial charge >= 0.3 is 0 Å². The lowest BCUT2D eigenvalue weighted by molar-refractivity contribution is -0.187. The second-order valence-corrected chi connectivity index (χ2v) is 6.76. The first kappa shape index (κ1) is 15.7. The van der Waals surface area contributed by atoms with E-state index in [2.05, 4.69) is 24.0 Å². The van der Waals surface area contributed by atoms with Crippen molar-refractivity contribution in [3.8, 4) is 0 Å². The zero-order chi connectivity index (χ0) is 16.6. The van der Waals surface area contributed by atoms with E-state index in [9.17, 15) is 4.79 Å². The van der Waals surface area contributed by atoms with Gasteiger partial charge in [0, 0.05) is 48.9 Å². The molecule has 0 aliphatic carbocycles. The van der Waals surface area contributed by atoms with Crippen LogP contribution in [-0.4, -0.2) is 47.9 Å². The van der Waals surface area contributed by atoms with Crippen molar-refractivity contribution in [2.24, 2.45) is 0 Å². The Morgan fingerprint density at radius 3 is 2.67 bits per heavy atom. The van der Waals surface area contributed by atoms with E-state index in [1.165, 1.54) is 10.9 Å². The number of nitrogens with one attached hydrogen (secondary N) is 1. The average Bonchev–Trinajstić information content (AvgIpc) is 3.17. The number of ether oxygens (including phenoxy) is 2. The van der Waals surface area contributed by atoms with Crippen LogP contribution in [0.15, 0.2) is 24.3 Å². The standard InChI is InChI=1S/C19H24N2O3/c1-14-15(16-4-2-3-5-17(16)20-14)6-7-18(22)21-10-8-19(9-11-21)23-12-13-24-19/h2-5,20H,6-13H2,1H3. The second kappa shape index (κ2) is 6.22. The van der Waals surface area contributed by atoms with Gasteiger partial charge in [0.05, 0.1) is 13.2 Å². The van der Waals surface area contributed by atoms with Gasteiger partial charge in [-0.05, 0) is 25.0 Å². The van der Waals surface area contributed by atoms with Gasteiger partial charge in [0.1, 0.15) is 0 Å². The van der Waals surface area contributed by atoms with Gasteiger partial charge < -0.3 is 19.4 Å². The maximum atomic E-state index is 12.6. The summed E-state index contributed by atoms with van der Waals surface area (Å²) in [6.07, 6.45) is 2.90. The molecule has 1 aromatic heterocycles. The fourth-order valence-corrected chi connectivity index (χ4v) is 3.93. The number of fused-ring (bicyclic) bond motifs is 1. The summed E-state index contributed by atoms with van der Waals surface area (Å²) in [5, 5.41) is 1.23. The Morgan fingerprint density at radius 2 is 1.92 bits per heavy atom. The lowest BCUT2D eigenvalue weighted by atomic mass is 10.0. The second-order valence-electron chi connectivity index (χ2n) is 6.76. The van der Waals surface area contributed by atoms with Crippen molar-refractivity contribution >= 4 is 16.8 Å². The quantitative estimate of drug-likeness (QED) is 0.942. The van der Waals surface area contributed by atoms with E-state index in [0.717, 1.165) is 43.6 Å². The van der Waals surface area contributed by atoms with Crippen molar-refractivity contribution in [1.29, 1.82) is 0 Å². The van der Waals surface area contributed by atoms with Crippen molar-refractivity contribution in [1.82, 2.24) is 9.88 Å². The van der Waals surface area contributed by atoms with Gasteiger partial charge in [0.15, 0.2) is 5.79 Å². The zero-order valence-electron chi connectivity index (χ0n) is 14.1. The van der Waals surface area contributed by atoms with E-state index < -0.39 is 5.79 Å². The molecule has 1 N–H and O–H groups in total. The van der Waals surface area contributed by atoms with Gasteiger partial charge in [-0.2, -0.15) is 0 Å². The molecular formula is C19H24N2O3. The largest absolute Gasteiger partial charge is 0.358 e. The van der Waals surface area contributed by atoms with E-state index in [0.29, 0.717) is 19.6 Å². The predicted molar refractivity (Wildman–Crippen MR) is 91.8 cm³/mol. The van der Waals surface area contributed by atoms with Crippen molar-refractivity contribution in [3.05, 3.63) is 35.5 Å². The fourth-order valence-electron chi connectivity index (χ4n) is 3.93. The molecule has 2 aromatic rings. The first-order valence-electron chi connectivity index (χ1n) is 8.79. The van der Waals surface area contributed by atoms with Gasteiger partial charge in [-0.25, -0.2) is 0 Å². The Morgan fingerprint density at radius 1 is 1.21 bits per heavy atom. The molecule has 0 radical (unpaired) electrons. The number of aryl methyl sites for hydroxylation is 2. The minimum absolute atomic E-state index is 0.229. The van der Waals surface area contributed by atoms with Gasteiger partial charge in [0.2, 0.25) is 5.91 Å². The molecule has 5 heteroatoms. The van der Waals surface area contributed by atoms with E-state index in [-0.39, 0.29) is 5.91 Å². The third-order valence-corrected chi connectivity index (χ3v) is 5.31. The molecule has 2 aliphatic heterocycles. The number of H-pyrrole nitrogens is 1. The van der Waals surface area contributed by atoms with Crippen LogP contribution in [0.25, 0.3) is 10.9 Å². The van der Waals surface area contributed by atoms with Crippen LogP contribution in [0.5, 0.6) is 0 Å². The minimum atomic E-state index is -0.412. The third kappa shape index (κ3) is 2.82. The first-order valence-corrected chi connectivity index (χ1v) is 8.79. The average molecular weight is 328 g/mol. The Balaban J connectivity index is 1.37. The highest BCUT2D eigenvalue weighted by atomic mass is 16.7. The Labute approximate surface area is 141 Å². The fraction of sp³-hybridized carbons (Fsp3) is 0.526. The molecule has 2 fully saturated rings. The number of rotatable bonds is 3. The van der Waals surface area contributed by atoms with Crippen LogP contribution in [0.4, 0.5) is 0 Å². The van der Waals surface area contributed by atoms with Gasteiger partial charge in [-0.1, -0.05) is 18.2 Å². The summed E-state index contributed by atoms with van der Waals surface area (Å²) in [6.45, 7) is 4.89. The number of hydrogen-bond acceptors (Lipinski definition) is 3.